The second-order valence-electron chi connectivity index (χ2n) is 2.16. The number of aliphatic hydroxyl groups is 1. The average Bonchev–Trinajstić information content (AvgIpc) is 2.01. The zero-order valence-electron chi connectivity index (χ0n) is 6.25. The van der Waals surface area contributed by atoms with Gasteiger partial charge >= 0.3 is 0 Å². The van der Waals surface area contributed by atoms with Crippen LogP contribution < -0.4 is 5.32 Å². The molecule has 0 aliphatic carbocycles. The first-order chi connectivity index (χ1) is 5.33. The molecule has 0 saturated heterocycles. The molecule has 1 rings (SSSR count). The summed E-state index contributed by atoms with van der Waals surface area (Å²) in [5.74, 6) is 0.756. The second kappa shape index (κ2) is 3.93. The van der Waals surface area contributed by atoms with Crippen LogP contribution >= 0.6 is 0 Å². The third-order valence-corrected chi connectivity index (χ3v) is 1.22. The van der Waals surface area contributed by atoms with Gasteiger partial charge in [-0.3, -0.25) is 0 Å². The maximum Gasteiger partial charge on any atom is 0.126 e. The Hall–Kier alpha value is -1.09. The first-order valence-corrected chi connectivity index (χ1v) is 3.46. The van der Waals surface area contributed by atoms with Crippen LogP contribution in [0.25, 0.3) is 0 Å². The molecule has 0 aliphatic heterocycles. The zero-order chi connectivity index (χ0) is 8.10. The van der Waals surface area contributed by atoms with Crippen LogP contribution in [0.15, 0.2) is 18.2 Å². The highest BCUT2D eigenvalue weighted by Gasteiger charge is 1.90. The van der Waals surface area contributed by atoms with Crippen LogP contribution in [0.1, 0.15) is 5.69 Å². The van der Waals surface area contributed by atoms with Gasteiger partial charge in [0.05, 0.1) is 6.61 Å². The molecule has 3 heteroatoms. The van der Waals surface area contributed by atoms with Crippen LogP contribution in [0.3, 0.4) is 0 Å². The van der Waals surface area contributed by atoms with Crippen molar-refractivity contribution in [2.45, 2.75) is 0 Å². The van der Waals surface area contributed by atoms with Gasteiger partial charge in [-0.1, -0.05) is 6.07 Å². The highest BCUT2D eigenvalue weighted by atomic mass is 16.3. The maximum absolute atomic E-state index is 8.49. The van der Waals surface area contributed by atoms with E-state index in [1.54, 1.807) is 0 Å². The number of pyridine rings is 1. The number of nitrogens with zero attached hydrogens (tertiary/aromatic N) is 1. The Balaban J connectivity index is 2.56. The third kappa shape index (κ3) is 2.55. The number of nitrogens with one attached hydrogen (secondary N) is 1. The van der Waals surface area contributed by atoms with Gasteiger partial charge in [-0.15, -0.1) is 0 Å². The molecule has 2 N–H and O–H groups in total. The molecule has 11 heavy (non-hydrogen) atoms. The smallest absolute Gasteiger partial charge is 0.126 e. The molecule has 0 aliphatic rings. The van der Waals surface area contributed by atoms with Gasteiger partial charge in [0, 0.05) is 12.2 Å². The number of aromatic nitrogens is 1. The normalized spacial score (nSPS) is 9.64. The summed E-state index contributed by atoms with van der Waals surface area (Å²) in [4.78, 5) is 4.08. The summed E-state index contributed by atoms with van der Waals surface area (Å²) in [5, 5.41) is 11.4. The Labute approximate surface area is 66.1 Å². The summed E-state index contributed by atoms with van der Waals surface area (Å²) in [7, 11) is 0. The minimum atomic E-state index is 0.114. The summed E-state index contributed by atoms with van der Waals surface area (Å²) >= 11 is 0. The van der Waals surface area contributed by atoms with E-state index < -0.39 is 0 Å². The molecule has 0 fully saturated rings. The van der Waals surface area contributed by atoms with E-state index in [-0.39, 0.29) is 6.61 Å². The maximum atomic E-state index is 8.49. The van der Waals surface area contributed by atoms with Crippen molar-refractivity contribution < 1.29 is 5.11 Å². The van der Waals surface area contributed by atoms with Crippen LogP contribution in [-0.4, -0.2) is 23.2 Å². The average molecular weight is 151 g/mol. The summed E-state index contributed by atoms with van der Waals surface area (Å²) in [6.45, 7) is 4.31. The van der Waals surface area contributed by atoms with Crippen molar-refractivity contribution in [3.8, 4) is 0 Å². The van der Waals surface area contributed by atoms with E-state index in [0.29, 0.717) is 6.54 Å². The van der Waals surface area contributed by atoms with Gasteiger partial charge < -0.3 is 10.4 Å². The van der Waals surface area contributed by atoms with Gasteiger partial charge in [0.2, 0.25) is 0 Å². The Kier molecular flexibility index (Phi) is 2.86. The summed E-state index contributed by atoms with van der Waals surface area (Å²) < 4.78 is 0. The van der Waals surface area contributed by atoms with E-state index in [0.717, 1.165) is 11.5 Å². The van der Waals surface area contributed by atoms with E-state index in [4.69, 9.17) is 5.11 Å². The molecule has 0 amide bonds. The van der Waals surface area contributed by atoms with Gasteiger partial charge in [0.15, 0.2) is 0 Å². The molecular weight excluding hydrogens is 140 g/mol. The van der Waals surface area contributed by atoms with Crippen LogP contribution in [0, 0.1) is 6.92 Å². The minimum Gasteiger partial charge on any atom is -0.395 e. The molecule has 59 valence electrons. The molecule has 0 bridgehead atoms. The fourth-order valence-corrected chi connectivity index (χ4v) is 0.762. The summed E-state index contributed by atoms with van der Waals surface area (Å²) in [5.41, 5.74) is 0.730. The van der Waals surface area contributed by atoms with Gasteiger partial charge in [-0.2, -0.15) is 0 Å². The molecule has 0 unspecified atom stereocenters. The molecule has 1 aromatic rings. The zero-order valence-corrected chi connectivity index (χ0v) is 6.25. The molecule has 0 atom stereocenters. The Morgan fingerprint density at radius 2 is 2.36 bits per heavy atom. The SMILES string of the molecule is [CH2]c1cccc(NCCO)n1. The van der Waals surface area contributed by atoms with Gasteiger partial charge in [-0.25, -0.2) is 4.98 Å². The van der Waals surface area contributed by atoms with Crippen LogP contribution in [0.2, 0.25) is 0 Å². The number of aliphatic hydroxyl groups excluding tert-OH is 1. The number of hydrogen-bond donors (Lipinski definition) is 2. The lowest BCUT2D eigenvalue weighted by Gasteiger charge is -2.02. The Morgan fingerprint density at radius 3 is 3.00 bits per heavy atom. The van der Waals surface area contributed by atoms with E-state index in [1.807, 2.05) is 18.2 Å². The van der Waals surface area contributed by atoms with Gasteiger partial charge in [0.25, 0.3) is 0 Å². The van der Waals surface area contributed by atoms with Gasteiger partial charge in [0.1, 0.15) is 5.82 Å². The van der Waals surface area contributed by atoms with Gasteiger partial charge in [-0.05, 0) is 19.1 Å². The van der Waals surface area contributed by atoms with Crippen molar-refractivity contribution in [2.75, 3.05) is 18.5 Å². The minimum absolute atomic E-state index is 0.114. The molecule has 1 radical (unpaired) electrons. The van der Waals surface area contributed by atoms with Crippen LogP contribution in [0.5, 0.6) is 0 Å². The first-order valence-electron chi connectivity index (χ1n) is 3.46. The fourth-order valence-electron chi connectivity index (χ4n) is 0.762. The lowest BCUT2D eigenvalue weighted by Crippen LogP contribution is -2.06. The van der Waals surface area contributed by atoms with Crippen molar-refractivity contribution in [2.24, 2.45) is 0 Å². The van der Waals surface area contributed by atoms with Crippen LogP contribution in [0.4, 0.5) is 5.82 Å². The van der Waals surface area contributed by atoms with Crippen molar-refractivity contribution in [3.63, 3.8) is 0 Å². The summed E-state index contributed by atoms with van der Waals surface area (Å²) in [6.07, 6.45) is 0. The van der Waals surface area contributed by atoms with E-state index in [9.17, 15) is 0 Å². The highest BCUT2D eigenvalue weighted by molar-refractivity contribution is 5.35. The lowest BCUT2D eigenvalue weighted by molar-refractivity contribution is 0.311. The van der Waals surface area contributed by atoms with Crippen molar-refractivity contribution in [1.29, 1.82) is 0 Å². The van der Waals surface area contributed by atoms with E-state index in [2.05, 4.69) is 17.2 Å². The molecule has 1 heterocycles. The first kappa shape index (κ1) is 8.01. The largest absolute Gasteiger partial charge is 0.395 e. The predicted octanol–water partition coefficient (Wildman–Crippen LogP) is 0.668. The van der Waals surface area contributed by atoms with E-state index >= 15 is 0 Å². The monoisotopic (exact) mass is 151 g/mol. The van der Waals surface area contributed by atoms with Crippen LogP contribution in [-0.2, 0) is 0 Å². The summed E-state index contributed by atoms with van der Waals surface area (Å²) in [6, 6.07) is 5.53. The molecule has 3 nitrogen and oxygen atoms in total. The molecule has 0 aromatic carbocycles. The third-order valence-electron chi connectivity index (χ3n) is 1.22. The second-order valence-corrected chi connectivity index (χ2v) is 2.16. The number of rotatable bonds is 3. The Bertz CT molecular complexity index is 225. The van der Waals surface area contributed by atoms with Crippen molar-refractivity contribution >= 4 is 5.82 Å². The topological polar surface area (TPSA) is 45.1 Å². The Morgan fingerprint density at radius 1 is 1.55 bits per heavy atom. The van der Waals surface area contributed by atoms with Crippen molar-refractivity contribution in [1.82, 2.24) is 4.98 Å². The molecule has 1 aromatic heterocycles. The number of anilines is 1. The molecular formula is C8H11N2O. The number of hydrogen-bond acceptors (Lipinski definition) is 3. The standard InChI is InChI=1S/C8H11N2O/c1-7-3-2-4-8(10-7)9-5-6-11/h2-4,11H,1,5-6H2,(H,9,10). The quantitative estimate of drug-likeness (QED) is 0.667. The lowest BCUT2D eigenvalue weighted by atomic mass is 10.4. The van der Waals surface area contributed by atoms with Crippen molar-refractivity contribution in [3.05, 3.63) is 30.8 Å². The fraction of sp³-hybridized carbons (Fsp3) is 0.250. The molecule has 0 saturated carbocycles. The predicted molar refractivity (Wildman–Crippen MR) is 44.3 cm³/mol. The highest BCUT2D eigenvalue weighted by Crippen LogP contribution is 2.02. The molecule has 0 spiro atoms. The van der Waals surface area contributed by atoms with E-state index in [1.165, 1.54) is 0 Å².